The van der Waals surface area contributed by atoms with Crippen LogP contribution in [0.2, 0.25) is 0 Å². The first-order valence-corrected chi connectivity index (χ1v) is 44.5. The number of unbranched alkanes of at least 4 members (excludes halogenated alkanes) is 48. The van der Waals surface area contributed by atoms with Gasteiger partial charge in [0.1, 0.15) is 19.3 Å². The number of hydrogen-bond donors (Lipinski definition) is 3. The molecule has 19 heteroatoms. The molecule has 588 valence electrons. The van der Waals surface area contributed by atoms with Gasteiger partial charge in [-0.05, 0) is 37.5 Å². The van der Waals surface area contributed by atoms with E-state index in [4.69, 9.17) is 37.0 Å². The minimum atomic E-state index is -4.96. The Labute approximate surface area is 607 Å². The molecular formula is C80H156O17P2. The highest BCUT2D eigenvalue weighted by Crippen LogP contribution is 2.45. The Balaban J connectivity index is 5.21. The van der Waals surface area contributed by atoms with E-state index in [1.54, 1.807) is 0 Å². The molecule has 0 aromatic rings. The fourth-order valence-corrected chi connectivity index (χ4v) is 13.9. The van der Waals surface area contributed by atoms with Crippen molar-refractivity contribution in [2.45, 2.75) is 439 Å². The fraction of sp³-hybridized carbons (Fsp3) is 0.950. The summed E-state index contributed by atoms with van der Waals surface area (Å²) in [6.07, 6.45) is 61.1. The first-order valence-electron chi connectivity index (χ1n) is 41.5. The molecule has 0 aliphatic carbocycles. The standard InChI is InChI=1S/C80H156O17P2/c1-7-10-12-14-16-18-20-21-22-23-24-25-26-27-28-29-30-34-39-46-52-58-64-79(84)96-75(68-91-78(83)63-57-51-45-38-35-31-33-36-42-48-54-60-72(4)5)70-94-98(86,87)92-66-74(81)67-93-99(88,89)95-71-76(69-90-77(82)62-56-50-44-37-32-19-17-15-13-11-8-2)97-80(85)65-59-53-47-41-40-43-49-55-61-73(6)9-3/h72-76,81H,7-71H2,1-6H3,(H,86,87)(H,88,89)/t73?,74-,75-,76-/m1/s1. The van der Waals surface area contributed by atoms with E-state index in [2.05, 4.69) is 41.5 Å². The Morgan fingerprint density at radius 2 is 0.515 bits per heavy atom. The molecule has 0 fully saturated rings. The average molecular weight is 1450 g/mol. The molecule has 0 saturated heterocycles. The van der Waals surface area contributed by atoms with Crippen LogP contribution in [0, 0.1) is 11.8 Å². The third kappa shape index (κ3) is 72.8. The van der Waals surface area contributed by atoms with Gasteiger partial charge in [0, 0.05) is 25.7 Å². The van der Waals surface area contributed by atoms with Gasteiger partial charge in [-0.15, -0.1) is 0 Å². The second-order valence-electron chi connectivity index (χ2n) is 29.5. The molecule has 0 radical (unpaired) electrons. The molecule has 0 amide bonds. The van der Waals surface area contributed by atoms with Gasteiger partial charge in [-0.25, -0.2) is 9.13 Å². The number of phosphoric acid groups is 2. The van der Waals surface area contributed by atoms with Crippen LogP contribution in [0.25, 0.3) is 0 Å². The lowest BCUT2D eigenvalue weighted by atomic mass is 9.99. The molecule has 0 bridgehead atoms. The third-order valence-corrected chi connectivity index (χ3v) is 21.0. The fourth-order valence-electron chi connectivity index (χ4n) is 12.3. The first kappa shape index (κ1) is 97.1. The molecule has 3 unspecified atom stereocenters. The number of aliphatic hydroxyl groups excluding tert-OH is 1. The van der Waals surface area contributed by atoms with E-state index >= 15 is 0 Å². The van der Waals surface area contributed by atoms with Crippen molar-refractivity contribution in [2.24, 2.45) is 11.8 Å². The monoisotopic (exact) mass is 1450 g/mol. The number of aliphatic hydroxyl groups is 1. The van der Waals surface area contributed by atoms with Crippen LogP contribution in [0.5, 0.6) is 0 Å². The summed E-state index contributed by atoms with van der Waals surface area (Å²) < 4.78 is 68.6. The van der Waals surface area contributed by atoms with Crippen LogP contribution >= 0.6 is 15.6 Å². The molecule has 0 heterocycles. The highest BCUT2D eigenvalue weighted by atomic mass is 31.2. The van der Waals surface area contributed by atoms with Crippen molar-refractivity contribution in [1.29, 1.82) is 0 Å². The van der Waals surface area contributed by atoms with Gasteiger partial charge in [0.2, 0.25) is 0 Å². The summed E-state index contributed by atoms with van der Waals surface area (Å²) in [4.78, 5) is 72.9. The maximum absolute atomic E-state index is 13.1. The summed E-state index contributed by atoms with van der Waals surface area (Å²) in [5, 5.41) is 10.6. The van der Waals surface area contributed by atoms with Gasteiger partial charge in [-0.3, -0.25) is 37.3 Å². The lowest BCUT2D eigenvalue weighted by Crippen LogP contribution is -2.30. The first-order chi connectivity index (χ1) is 47.9. The molecule has 17 nitrogen and oxygen atoms in total. The molecule has 3 N–H and O–H groups in total. The van der Waals surface area contributed by atoms with Crippen LogP contribution in [0.4, 0.5) is 0 Å². The van der Waals surface area contributed by atoms with E-state index in [1.165, 1.54) is 238 Å². The molecule has 0 aliphatic rings. The van der Waals surface area contributed by atoms with Crippen molar-refractivity contribution >= 4 is 39.5 Å². The minimum absolute atomic E-state index is 0.105. The van der Waals surface area contributed by atoms with E-state index in [-0.39, 0.29) is 25.7 Å². The SMILES string of the molecule is CCCCCCCCCCCCCCCCCCCCCCCCC(=O)O[C@H](COC(=O)CCCCCCCCCCCCCC(C)C)COP(=O)(O)OC[C@@H](O)COP(=O)(O)OC[C@@H](COC(=O)CCCCCCCCCCCCC)OC(=O)CCCCCCCCCCC(C)CC. The van der Waals surface area contributed by atoms with E-state index in [9.17, 15) is 43.2 Å². The van der Waals surface area contributed by atoms with Crippen molar-refractivity contribution in [1.82, 2.24) is 0 Å². The van der Waals surface area contributed by atoms with Crippen LogP contribution in [0.1, 0.15) is 420 Å². The van der Waals surface area contributed by atoms with Crippen LogP contribution in [-0.2, 0) is 65.4 Å². The molecular weight excluding hydrogens is 1290 g/mol. The van der Waals surface area contributed by atoms with Crippen molar-refractivity contribution in [3.63, 3.8) is 0 Å². The van der Waals surface area contributed by atoms with E-state index in [1.807, 2.05) is 0 Å². The van der Waals surface area contributed by atoms with E-state index < -0.39 is 97.5 Å². The summed E-state index contributed by atoms with van der Waals surface area (Å²) in [7, 11) is -9.92. The zero-order valence-electron chi connectivity index (χ0n) is 64.8. The predicted molar refractivity (Wildman–Crippen MR) is 405 cm³/mol. The summed E-state index contributed by atoms with van der Waals surface area (Å²) in [5.74, 6) is -0.572. The maximum atomic E-state index is 13.1. The van der Waals surface area contributed by atoms with Gasteiger partial charge in [0.05, 0.1) is 26.4 Å². The molecule has 0 aromatic heterocycles. The van der Waals surface area contributed by atoms with Crippen molar-refractivity contribution < 1.29 is 80.2 Å². The lowest BCUT2D eigenvalue weighted by molar-refractivity contribution is -0.161. The Morgan fingerprint density at radius 1 is 0.293 bits per heavy atom. The van der Waals surface area contributed by atoms with Crippen molar-refractivity contribution in [2.75, 3.05) is 39.6 Å². The number of esters is 4. The zero-order valence-corrected chi connectivity index (χ0v) is 66.6. The average Bonchev–Trinajstić information content (AvgIpc) is 1.11. The number of ether oxygens (including phenoxy) is 4. The van der Waals surface area contributed by atoms with Crippen LogP contribution in [0.3, 0.4) is 0 Å². The van der Waals surface area contributed by atoms with Gasteiger partial charge in [0.15, 0.2) is 12.2 Å². The number of carbonyl (C=O) groups is 4. The minimum Gasteiger partial charge on any atom is -0.462 e. The van der Waals surface area contributed by atoms with Gasteiger partial charge in [0.25, 0.3) is 0 Å². The van der Waals surface area contributed by atoms with E-state index in [0.29, 0.717) is 25.7 Å². The van der Waals surface area contributed by atoms with Crippen molar-refractivity contribution in [3.8, 4) is 0 Å². The number of phosphoric ester groups is 2. The predicted octanol–water partition coefficient (Wildman–Crippen LogP) is 23.9. The maximum Gasteiger partial charge on any atom is 0.472 e. The second-order valence-corrected chi connectivity index (χ2v) is 32.4. The van der Waals surface area contributed by atoms with Gasteiger partial charge < -0.3 is 33.8 Å². The Morgan fingerprint density at radius 3 is 0.768 bits per heavy atom. The molecule has 0 spiro atoms. The second kappa shape index (κ2) is 71.7. The number of hydrogen-bond acceptors (Lipinski definition) is 15. The third-order valence-electron chi connectivity index (χ3n) is 19.1. The molecule has 0 aliphatic heterocycles. The zero-order chi connectivity index (χ0) is 72.8. The summed E-state index contributed by atoms with van der Waals surface area (Å²) >= 11 is 0. The van der Waals surface area contributed by atoms with E-state index in [0.717, 1.165) is 102 Å². The molecule has 0 saturated carbocycles. The Bertz CT molecular complexity index is 1910. The largest absolute Gasteiger partial charge is 0.472 e. The van der Waals surface area contributed by atoms with Crippen LogP contribution in [0.15, 0.2) is 0 Å². The molecule has 0 aromatic carbocycles. The molecule has 99 heavy (non-hydrogen) atoms. The Kier molecular flexibility index (Phi) is 70.3. The van der Waals surface area contributed by atoms with Gasteiger partial charge in [-0.1, -0.05) is 369 Å². The van der Waals surface area contributed by atoms with Crippen LogP contribution in [-0.4, -0.2) is 96.7 Å². The summed E-state index contributed by atoms with van der Waals surface area (Å²) in [5.41, 5.74) is 0. The highest BCUT2D eigenvalue weighted by Gasteiger charge is 2.30. The number of carbonyl (C=O) groups excluding carboxylic acids is 4. The topological polar surface area (TPSA) is 237 Å². The lowest BCUT2D eigenvalue weighted by Gasteiger charge is -2.21. The quantitative estimate of drug-likeness (QED) is 0.0222. The van der Waals surface area contributed by atoms with Gasteiger partial charge >= 0.3 is 39.5 Å². The Hall–Kier alpha value is -1.94. The van der Waals surface area contributed by atoms with Crippen molar-refractivity contribution in [3.05, 3.63) is 0 Å². The van der Waals surface area contributed by atoms with Crippen LogP contribution < -0.4 is 0 Å². The normalized spacial score (nSPS) is 14.2. The smallest absolute Gasteiger partial charge is 0.462 e. The summed E-state index contributed by atoms with van der Waals surface area (Å²) in [6, 6.07) is 0. The van der Waals surface area contributed by atoms with Gasteiger partial charge in [-0.2, -0.15) is 0 Å². The highest BCUT2D eigenvalue weighted by molar-refractivity contribution is 7.47. The molecule has 6 atom stereocenters. The summed E-state index contributed by atoms with van der Waals surface area (Å²) in [6.45, 7) is 9.62. The molecule has 0 rings (SSSR count). The number of rotatable bonds is 79.